The van der Waals surface area contributed by atoms with Gasteiger partial charge < -0.3 is 15.4 Å². The van der Waals surface area contributed by atoms with Crippen molar-refractivity contribution in [1.82, 2.24) is 5.32 Å². The van der Waals surface area contributed by atoms with E-state index < -0.39 is 6.09 Å². The predicted molar refractivity (Wildman–Crippen MR) is 106 cm³/mol. The summed E-state index contributed by atoms with van der Waals surface area (Å²) in [7, 11) is 0. The number of halogens is 1. The average Bonchev–Trinajstić information content (AvgIpc) is 2.64. The van der Waals surface area contributed by atoms with Crippen LogP contribution in [0.25, 0.3) is 0 Å². The van der Waals surface area contributed by atoms with Crippen molar-refractivity contribution >= 4 is 23.5 Å². The molecule has 1 fully saturated rings. The molecule has 6 nitrogen and oxygen atoms in total. The Kier molecular flexibility index (Phi) is 6.47. The van der Waals surface area contributed by atoms with E-state index in [0.29, 0.717) is 12.1 Å². The van der Waals surface area contributed by atoms with Crippen LogP contribution in [0.2, 0.25) is 0 Å². The highest BCUT2D eigenvalue weighted by Gasteiger charge is 2.26. The molecular weight excluding hydrogens is 361 g/mol. The van der Waals surface area contributed by atoms with E-state index in [-0.39, 0.29) is 24.0 Å². The number of rotatable bonds is 4. The molecule has 1 aliphatic rings. The maximum absolute atomic E-state index is 12.9. The SMILES string of the molecule is Cc1cccc(NC(=O)N[C@@H]2CCC[C@H](OC(=O)Nc3ccc(F)cc3)C2)c1. The lowest BCUT2D eigenvalue weighted by molar-refractivity contribution is 0.0779. The van der Waals surface area contributed by atoms with Crippen LogP contribution in [0.5, 0.6) is 0 Å². The molecule has 3 amide bonds. The second-order valence-corrected chi connectivity index (χ2v) is 6.99. The van der Waals surface area contributed by atoms with E-state index in [9.17, 15) is 14.0 Å². The minimum Gasteiger partial charge on any atom is -0.446 e. The monoisotopic (exact) mass is 385 g/mol. The summed E-state index contributed by atoms with van der Waals surface area (Å²) >= 11 is 0. The van der Waals surface area contributed by atoms with Gasteiger partial charge >= 0.3 is 12.1 Å². The Morgan fingerprint density at radius 3 is 2.57 bits per heavy atom. The third-order valence-electron chi connectivity index (χ3n) is 4.60. The van der Waals surface area contributed by atoms with E-state index in [2.05, 4.69) is 16.0 Å². The van der Waals surface area contributed by atoms with Crippen molar-refractivity contribution in [2.24, 2.45) is 0 Å². The smallest absolute Gasteiger partial charge is 0.411 e. The van der Waals surface area contributed by atoms with Crippen molar-refractivity contribution in [3.63, 3.8) is 0 Å². The summed E-state index contributed by atoms with van der Waals surface area (Å²) in [4.78, 5) is 24.3. The Hall–Kier alpha value is -3.09. The molecule has 0 bridgehead atoms. The first-order chi connectivity index (χ1) is 13.5. The Morgan fingerprint density at radius 1 is 1.04 bits per heavy atom. The van der Waals surface area contributed by atoms with Gasteiger partial charge in [-0.1, -0.05) is 12.1 Å². The molecule has 2 aromatic rings. The molecule has 7 heteroatoms. The van der Waals surface area contributed by atoms with Crippen LogP contribution in [-0.4, -0.2) is 24.3 Å². The van der Waals surface area contributed by atoms with Crippen molar-refractivity contribution in [2.45, 2.75) is 44.8 Å². The third-order valence-corrected chi connectivity index (χ3v) is 4.60. The van der Waals surface area contributed by atoms with Crippen LogP contribution in [0.3, 0.4) is 0 Å². The molecule has 0 spiro atoms. The van der Waals surface area contributed by atoms with Gasteiger partial charge in [-0.2, -0.15) is 0 Å². The molecule has 3 rings (SSSR count). The lowest BCUT2D eigenvalue weighted by Crippen LogP contribution is -2.43. The zero-order valence-electron chi connectivity index (χ0n) is 15.7. The number of amides is 3. The second-order valence-electron chi connectivity index (χ2n) is 6.99. The number of benzene rings is 2. The molecule has 1 aliphatic carbocycles. The van der Waals surface area contributed by atoms with Gasteiger partial charge in [-0.05, 0) is 68.1 Å². The quantitative estimate of drug-likeness (QED) is 0.706. The molecule has 0 aliphatic heterocycles. The predicted octanol–water partition coefficient (Wildman–Crippen LogP) is 4.82. The van der Waals surface area contributed by atoms with Gasteiger partial charge in [0.2, 0.25) is 0 Å². The molecule has 28 heavy (non-hydrogen) atoms. The third kappa shape index (κ3) is 5.97. The van der Waals surface area contributed by atoms with E-state index in [1.54, 1.807) is 0 Å². The summed E-state index contributed by atoms with van der Waals surface area (Å²) in [5.41, 5.74) is 2.27. The number of nitrogens with one attached hydrogen (secondary N) is 3. The van der Waals surface area contributed by atoms with Crippen molar-refractivity contribution in [2.75, 3.05) is 10.6 Å². The molecule has 2 aromatic carbocycles. The maximum Gasteiger partial charge on any atom is 0.411 e. The normalized spacial score (nSPS) is 18.8. The number of ether oxygens (including phenoxy) is 1. The lowest BCUT2D eigenvalue weighted by Gasteiger charge is -2.29. The van der Waals surface area contributed by atoms with E-state index in [1.165, 1.54) is 24.3 Å². The summed E-state index contributed by atoms with van der Waals surface area (Å²) in [6, 6.07) is 12.7. The second kappa shape index (κ2) is 9.21. The van der Waals surface area contributed by atoms with Crippen LogP contribution in [0, 0.1) is 12.7 Å². The highest BCUT2D eigenvalue weighted by atomic mass is 19.1. The lowest BCUT2D eigenvalue weighted by atomic mass is 9.93. The van der Waals surface area contributed by atoms with Crippen molar-refractivity contribution in [3.05, 3.63) is 59.9 Å². The fourth-order valence-electron chi connectivity index (χ4n) is 3.29. The van der Waals surface area contributed by atoms with E-state index >= 15 is 0 Å². The van der Waals surface area contributed by atoms with Crippen LogP contribution in [-0.2, 0) is 4.74 Å². The standard InChI is InChI=1S/C21H24FN3O3/c1-14-4-2-5-17(12-14)23-20(26)24-18-6-3-7-19(13-18)28-21(27)25-16-10-8-15(22)9-11-16/h2,4-5,8-12,18-19H,3,6-7,13H2,1H3,(H,25,27)(H2,23,24,26)/t18-,19+/m1/s1. The topological polar surface area (TPSA) is 79.5 Å². The summed E-state index contributed by atoms with van der Waals surface area (Å²) < 4.78 is 18.4. The summed E-state index contributed by atoms with van der Waals surface area (Å²) in [6.07, 6.45) is 2.12. The number of carbonyl (C=O) groups is 2. The number of aryl methyl sites for hydroxylation is 1. The van der Waals surface area contributed by atoms with Crippen molar-refractivity contribution in [1.29, 1.82) is 0 Å². The average molecular weight is 385 g/mol. The van der Waals surface area contributed by atoms with Gasteiger partial charge in [0.25, 0.3) is 0 Å². The van der Waals surface area contributed by atoms with Crippen LogP contribution < -0.4 is 16.0 Å². The minimum atomic E-state index is -0.582. The van der Waals surface area contributed by atoms with Crippen LogP contribution in [0.1, 0.15) is 31.2 Å². The van der Waals surface area contributed by atoms with Gasteiger partial charge in [-0.25, -0.2) is 14.0 Å². The molecule has 0 radical (unpaired) electrons. The molecule has 148 valence electrons. The Labute approximate surface area is 163 Å². The molecule has 3 N–H and O–H groups in total. The Morgan fingerprint density at radius 2 is 1.82 bits per heavy atom. The maximum atomic E-state index is 12.9. The van der Waals surface area contributed by atoms with Crippen LogP contribution >= 0.6 is 0 Å². The molecule has 0 heterocycles. The number of urea groups is 1. The highest BCUT2D eigenvalue weighted by molar-refractivity contribution is 5.89. The molecule has 2 atom stereocenters. The number of anilines is 2. The van der Waals surface area contributed by atoms with E-state index in [1.807, 2.05) is 31.2 Å². The summed E-state index contributed by atoms with van der Waals surface area (Å²) in [6.45, 7) is 1.96. The Balaban J connectivity index is 1.46. The fourth-order valence-corrected chi connectivity index (χ4v) is 3.29. The van der Waals surface area contributed by atoms with Gasteiger partial charge in [-0.15, -0.1) is 0 Å². The summed E-state index contributed by atoms with van der Waals surface area (Å²) in [5.74, 6) is -0.371. The fraction of sp³-hybridized carbons (Fsp3) is 0.333. The highest BCUT2D eigenvalue weighted by Crippen LogP contribution is 2.22. The van der Waals surface area contributed by atoms with Crippen LogP contribution in [0.4, 0.5) is 25.4 Å². The first-order valence-electron chi connectivity index (χ1n) is 9.35. The minimum absolute atomic E-state index is 0.0674. The van der Waals surface area contributed by atoms with Gasteiger partial charge in [0.15, 0.2) is 0 Å². The molecule has 0 aromatic heterocycles. The Bertz CT molecular complexity index is 826. The van der Waals surface area contributed by atoms with Crippen molar-refractivity contribution in [3.8, 4) is 0 Å². The zero-order chi connectivity index (χ0) is 19.9. The van der Waals surface area contributed by atoms with Crippen molar-refractivity contribution < 1.29 is 18.7 Å². The van der Waals surface area contributed by atoms with Gasteiger partial charge in [0, 0.05) is 23.8 Å². The largest absolute Gasteiger partial charge is 0.446 e. The van der Waals surface area contributed by atoms with E-state index in [4.69, 9.17) is 4.74 Å². The van der Waals surface area contributed by atoms with Gasteiger partial charge in [-0.3, -0.25) is 5.32 Å². The van der Waals surface area contributed by atoms with Gasteiger partial charge in [0.05, 0.1) is 0 Å². The summed E-state index contributed by atoms with van der Waals surface area (Å²) in [5, 5.41) is 8.35. The number of hydrogen-bond donors (Lipinski definition) is 3. The zero-order valence-corrected chi connectivity index (χ0v) is 15.7. The molecular formula is C21H24FN3O3. The first kappa shape index (κ1) is 19.7. The molecule has 0 saturated heterocycles. The molecule has 1 saturated carbocycles. The number of carbonyl (C=O) groups excluding carboxylic acids is 2. The van der Waals surface area contributed by atoms with E-state index in [0.717, 1.165) is 30.5 Å². The first-order valence-corrected chi connectivity index (χ1v) is 9.35. The molecule has 0 unspecified atom stereocenters. The number of hydrogen-bond acceptors (Lipinski definition) is 3. The van der Waals surface area contributed by atoms with Crippen LogP contribution in [0.15, 0.2) is 48.5 Å². The van der Waals surface area contributed by atoms with Gasteiger partial charge in [0.1, 0.15) is 11.9 Å².